The largest absolute Gasteiger partial charge is 0.302 e. The second-order valence-electron chi connectivity index (χ2n) is 2.03. The molecule has 0 amide bonds. The number of rotatable bonds is 2. The molecule has 1 rings (SSSR count). The lowest BCUT2D eigenvalue weighted by Gasteiger charge is -2.04. The number of nitrogens with one attached hydrogen (secondary N) is 1. The van der Waals surface area contributed by atoms with Gasteiger partial charge in [-0.3, -0.25) is 0 Å². The first kappa shape index (κ1) is 8.61. The molecule has 0 saturated carbocycles. The summed E-state index contributed by atoms with van der Waals surface area (Å²) in [5.41, 5.74) is 0. The molecule has 1 aromatic rings. The van der Waals surface area contributed by atoms with E-state index >= 15 is 0 Å². The van der Waals surface area contributed by atoms with Crippen molar-refractivity contribution in [1.82, 2.24) is 5.32 Å². The molecular formula is C8H8ClNS. The molecule has 0 aliphatic heterocycles. The normalized spacial score (nSPS) is 12.5. The predicted molar refractivity (Wildman–Crippen MR) is 50.0 cm³/mol. The summed E-state index contributed by atoms with van der Waals surface area (Å²) in [6, 6.07) is 3.78. The first-order valence-electron chi connectivity index (χ1n) is 3.16. The van der Waals surface area contributed by atoms with Gasteiger partial charge in [0.2, 0.25) is 0 Å². The lowest BCUT2D eigenvalue weighted by atomic mass is 10.2. The first-order chi connectivity index (χ1) is 5.27. The molecule has 1 nitrogen and oxygen atoms in total. The highest BCUT2D eigenvalue weighted by molar-refractivity contribution is 7.16. The summed E-state index contributed by atoms with van der Waals surface area (Å²) in [7, 11) is 1.83. The van der Waals surface area contributed by atoms with Crippen LogP contribution in [0.15, 0.2) is 12.1 Å². The molecule has 0 aromatic carbocycles. The standard InChI is InChI=1S/C8H8ClNS/c1-3-6(10-2)7-4-5-8(9)11-7/h1,4-6,10H,2H3. The predicted octanol–water partition coefficient (Wildman–Crippen LogP) is 2.30. The van der Waals surface area contributed by atoms with Gasteiger partial charge in [-0.25, -0.2) is 0 Å². The molecule has 0 fully saturated rings. The van der Waals surface area contributed by atoms with Crippen molar-refractivity contribution in [3.8, 4) is 12.3 Å². The second kappa shape index (κ2) is 3.77. The molecule has 0 aliphatic carbocycles. The molecule has 11 heavy (non-hydrogen) atoms. The summed E-state index contributed by atoms with van der Waals surface area (Å²) in [4.78, 5) is 1.08. The molecule has 58 valence electrons. The Morgan fingerprint density at radius 2 is 2.45 bits per heavy atom. The van der Waals surface area contributed by atoms with Gasteiger partial charge in [-0.2, -0.15) is 0 Å². The van der Waals surface area contributed by atoms with Gasteiger partial charge in [0.05, 0.1) is 4.34 Å². The molecule has 0 spiro atoms. The third kappa shape index (κ3) is 1.97. The molecule has 0 bridgehead atoms. The van der Waals surface area contributed by atoms with Crippen LogP contribution in [0, 0.1) is 12.3 Å². The van der Waals surface area contributed by atoms with Crippen LogP contribution in [0.1, 0.15) is 10.9 Å². The average Bonchev–Trinajstić information content (AvgIpc) is 2.39. The number of hydrogen-bond acceptors (Lipinski definition) is 2. The molecule has 0 aliphatic rings. The first-order valence-corrected chi connectivity index (χ1v) is 4.36. The third-order valence-electron chi connectivity index (χ3n) is 1.33. The van der Waals surface area contributed by atoms with Crippen molar-refractivity contribution in [3.05, 3.63) is 21.3 Å². The summed E-state index contributed by atoms with van der Waals surface area (Å²) in [6.45, 7) is 0. The minimum absolute atomic E-state index is 0.00694. The van der Waals surface area contributed by atoms with E-state index in [1.165, 1.54) is 11.3 Å². The molecule has 1 atom stereocenters. The second-order valence-corrected chi connectivity index (χ2v) is 3.78. The minimum atomic E-state index is -0.00694. The Labute approximate surface area is 75.4 Å². The minimum Gasteiger partial charge on any atom is -0.302 e. The van der Waals surface area contributed by atoms with Gasteiger partial charge < -0.3 is 5.32 Å². The Morgan fingerprint density at radius 1 is 1.73 bits per heavy atom. The Hall–Kier alpha value is -0.490. The molecule has 0 saturated heterocycles. The van der Waals surface area contributed by atoms with E-state index in [0.717, 1.165) is 9.21 Å². The van der Waals surface area contributed by atoms with Gasteiger partial charge in [0.15, 0.2) is 0 Å². The topological polar surface area (TPSA) is 12.0 Å². The molecule has 1 heterocycles. The van der Waals surface area contributed by atoms with Crippen molar-refractivity contribution in [1.29, 1.82) is 0 Å². The summed E-state index contributed by atoms with van der Waals surface area (Å²) >= 11 is 7.25. The van der Waals surface area contributed by atoms with E-state index in [-0.39, 0.29) is 6.04 Å². The molecular weight excluding hydrogens is 178 g/mol. The fraction of sp³-hybridized carbons (Fsp3) is 0.250. The number of terminal acetylenes is 1. The quantitative estimate of drug-likeness (QED) is 0.698. The highest BCUT2D eigenvalue weighted by Crippen LogP contribution is 2.26. The highest BCUT2D eigenvalue weighted by atomic mass is 35.5. The van der Waals surface area contributed by atoms with E-state index in [1.807, 2.05) is 19.2 Å². The van der Waals surface area contributed by atoms with E-state index < -0.39 is 0 Å². The van der Waals surface area contributed by atoms with Crippen molar-refractivity contribution < 1.29 is 0 Å². The van der Waals surface area contributed by atoms with Crippen molar-refractivity contribution in [2.45, 2.75) is 6.04 Å². The number of halogens is 1. The lowest BCUT2D eigenvalue weighted by Crippen LogP contribution is -2.12. The third-order valence-corrected chi connectivity index (χ3v) is 2.63. The Kier molecular flexibility index (Phi) is 2.95. The SMILES string of the molecule is C#CC(NC)c1ccc(Cl)s1. The van der Waals surface area contributed by atoms with E-state index in [0.29, 0.717) is 0 Å². The monoisotopic (exact) mass is 185 g/mol. The summed E-state index contributed by atoms with van der Waals surface area (Å²) < 4.78 is 0.774. The summed E-state index contributed by atoms with van der Waals surface area (Å²) in [5.74, 6) is 2.62. The zero-order valence-corrected chi connectivity index (χ0v) is 7.67. The van der Waals surface area contributed by atoms with Crippen LogP contribution in [-0.2, 0) is 0 Å². The van der Waals surface area contributed by atoms with Gasteiger partial charge >= 0.3 is 0 Å². The van der Waals surface area contributed by atoms with E-state index in [1.54, 1.807) is 0 Å². The summed E-state index contributed by atoms with van der Waals surface area (Å²) in [5, 5.41) is 3.00. The fourth-order valence-corrected chi connectivity index (χ4v) is 1.92. The van der Waals surface area contributed by atoms with Gasteiger partial charge in [0.1, 0.15) is 6.04 Å². The van der Waals surface area contributed by atoms with Crippen LogP contribution in [0.5, 0.6) is 0 Å². The van der Waals surface area contributed by atoms with E-state index in [9.17, 15) is 0 Å². The van der Waals surface area contributed by atoms with Crippen LogP contribution in [0.25, 0.3) is 0 Å². The van der Waals surface area contributed by atoms with Gasteiger partial charge in [0, 0.05) is 4.88 Å². The van der Waals surface area contributed by atoms with Crippen LogP contribution < -0.4 is 5.32 Å². The van der Waals surface area contributed by atoms with Crippen molar-refractivity contribution >= 4 is 22.9 Å². The Bertz CT molecular complexity index is 274. The van der Waals surface area contributed by atoms with Crippen molar-refractivity contribution in [2.75, 3.05) is 7.05 Å². The lowest BCUT2D eigenvalue weighted by molar-refractivity contribution is 0.749. The van der Waals surface area contributed by atoms with Gasteiger partial charge in [-0.15, -0.1) is 17.8 Å². The molecule has 1 N–H and O–H groups in total. The average molecular weight is 186 g/mol. The van der Waals surface area contributed by atoms with Crippen LogP contribution in [0.4, 0.5) is 0 Å². The Morgan fingerprint density at radius 3 is 2.82 bits per heavy atom. The van der Waals surface area contributed by atoms with E-state index in [2.05, 4.69) is 11.2 Å². The molecule has 1 unspecified atom stereocenters. The number of hydrogen-bond donors (Lipinski definition) is 1. The maximum absolute atomic E-state index is 5.74. The van der Waals surface area contributed by atoms with Gasteiger partial charge in [0.25, 0.3) is 0 Å². The number of thiophene rings is 1. The zero-order valence-electron chi connectivity index (χ0n) is 6.10. The van der Waals surface area contributed by atoms with Crippen LogP contribution in [0.3, 0.4) is 0 Å². The zero-order chi connectivity index (χ0) is 8.27. The van der Waals surface area contributed by atoms with Crippen molar-refractivity contribution in [3.63, 3.8) is 0 Å². The molecule has 3 heteroatoms. The Balaban J connectivity index is 2.84. The maximum Gasteiger partial charge on any atom is 0.103 e. The van der Waals surface area contributed by atoms with Crippen LogP contribution in [0.2, 0.25) is 4.34 Å². The maximum atomic E-state index is 5.74. The molecule has 1 aromatic heterocycles. The van der Waals surface area contributed by atoms with E-state index in [4.69, 9.17) is 18.0 Å². The van der Waals surface area contributed by atoms with Gasteiger partial charge in [-0.1, -0.05) is 17.5 Å². The summed E-state index contributed by atoms with van der Waals surface area (Å²) in [6.07, 6.45) is 5.28. The fourth-order valence-electron chi connectivity index (χ4n) is 0.791. The van der Waals surface area contributed by atoms with Crippen molar-refractivity contribution in [2.24, 2.45) is 0 Å². The van der Waals surface area contributed by atoms with Gasteiger partial charge in [-0.05, 0) is 19.2 Å². The highest BCUT2D eigenvalue weighted by Gasteiger charge is 2.06. The van der Waals surface area contributed by atoms with Crippen LogP contribution in [-0.4, -0.2) is 7.05 Å². The molecule has 0 radical (unpaired) electrons. The smallest absolute Gasteiger partial charge is 0.103 e. The van der Waals surface area contributed by atoms with Crippen LogP contribution >= 0.6 is 22.9 Å².